The van der Waals surface area contributed by atoms with E-state index in [0.29, 0.717) is 5.92 Å². The van der Waals surface area contributed by atoms with Crippen molar-refractivity contribution in [2.75, 3.05) is 0 Å². The molecule has 4 nitrogen and oxygen atoms in total. The van der Waals surface area contributed by atoms with E-state index >= 15 is 0 Å². The van der Waals surface area contributed by atoms with Gasteiger partial charge in [-0.3, -0.25) is 5.41 Å². The van der Waals surface area contributed by atoms with Crippen LogP contribution in [-0.4, -0.2) is 15.4 Å². The second-order valence-electron chi connectivity index (χ2n) is 4.39. The van der Waals surface area contributed by atoms with E-state index in [1.807, 2.05) is 25.2 Å². The Balaban J connectivity index is 2.33. The highest BCUT2D eigenvalue weighted by atomic mass is 15.1. The fourth-order valence-electron chi connectivity index (χ4n) is 2.21. The molecule has 1 aromatic carbocycles. The van der Waals surface area contributed by atoms with Gasteiger partial charge < -0.3 is 10.3 Å². The van der Waals surface area contributed by atoms with E-state index in [1.54, 1.807) is 0 Å². The maximum atomic E-state index is 7.58. The summed E-state index contributed by atoms with van der Waals surface area (Å²) in [6, 6.07) is 5.76. The molecule has 0 saturated heterocycles. The molecule has 2 aromatic rings. The molecule has 1 fully saturated rings. The highest BCUT2D eigenvalue weighted by molar-refractivity contribution is 6.05. The number of nitrogens with two attached hydrogens (primary N) is 1. The number of para-hydroxylation sites is 1. The molecule has 1 aliphatic rings. The number of nitrogen functional groups attached to an aromatic ring is 1. The molecule has 0 unspecified atom stereocenters. The maximum absolute atomic E-state index is 7.58. The van der Waals surface area contributed by atoms with Crippen molar-refractivity contribution < 1.29 is 0 Å². The molecular weight excluding hydrogens is 200 g/mol. The van der Waals surface area contributed by atoms with E-state index in [9.17, 15) is 0 Å². The van der Waals surface area contributed by atoms with E-state index < -0.39 is 0 Å². The first-order valence-corrected chi connectivity index (χ1v) is 5.48. The predicted octanol–water partition coefficient (Wildman–Crippen LogP) is 1.73. The van der Waals surface area contributed by atoms with Crippen molar-refractivity contribution in [1.29, 1.82) is 5.41 Å². The molecule has 0 spiro atoms. The molecule has 0 aliphatic heterocycles. The Labute approximate surface area is 93.6 Å². The van der Waals surface area contributed by atoms with Crippen molar-refractivity contribution in [3.05, 3.63) is 29.6 Å². The van der Waals surface area contributed by atoms with Gasteiger partial charge >= 0.3 is 0 Å². The van der Waals surface area contributed by atoms with E-state index in [-0.39, 0.29) is 5.84 Å². The minimum absolute atomic E-state index is 0.107. The summed E-state index contributed by atoms with van der Waals surface area (Å²) in [5, 5.41) is 7.58. The second kappa shape index (κ2) is 3.07. The molecule has 16 heavy (non-hydrogen) atoms. The maximum Gasteiger partial charge on any atom is 0.124 e. The van der Waals surface area contributed by atoms with Crippen molar-refractivity contribution in [2.24, 2.45) is 12.8 Å². The number of hydrogen-bond acceptors (Lipinski definition) is 2. The summed E-state index contributed by atoms with van der Waals surface area (Å²) in [6.45, 7) is 0. The zero-order valence-electron chi connectivity index (χ0n) is 9.20. The van der Waals surface area contributed by atoms with Crippen molar-refractivity contribution >= 4 is 16.9 Å². The van der Waals surface area contributed by atoms with Gasteiger partial charge in [-0.05, 0) is 25.0 Å². The number of nitrogens with one attached hydrogen (secondary N) is 1. The Morgan fingerprint density at radius 1 is 1.50 bits per heavy atom. The standard InChI is InChI=1S/C12H14N4/c1-16-10-8(11(13)14)3-2-4-9(10)15-12(16)7-5-6-7/h2-4,7H,5-6H2,1H3,(H3,13,14). The second-order valence-corrected chi connectivity index (χ2v) is 4.39. The molecule has 1 saturated carbocycles. The number of nitrogens with zero attached hydrogens (tertiary/aromatic N) is 2. The predicted molar refractivity (Wildman–Crippen MR) is 63.7 cm³/mol. The van der Waals surface area contributed by atoms with Crippen LogP contribution in [0, 0.1) is 5.41 Å². The Morgan fingerprint density at radius 2 is 2.25 bits per heavy atom. The fourth-order valence-corrected chi connectivity index (χ4v) is 2.21. The molecule has 3 N–H and O–H groups in total. The lowest BCUT2D eigenvalue weighted by Gasteiger charge is -2.04. The molecule has 0 radical (unpaired) electrons. The highest BCUT2D eigenvalue weighted by Crippen LogP contribution is 2.40. The third-order valence-electron chi connectivity index (χ3n) is 3.16. The minimum Gasteiger partial charge on any atom is -0.384 e. The van der Waals surface area contributed by atoms with Crippen LogP contribution in [0.25, 0.3) is 11.0 Å². The van der Waals surface area contributed by atoms with Crippen LogP contribution >= 0.6 is 0 Å². The van der Waals surface area contributed by atoms with Crippen LogP contribution in [0.15, 0.2) is 18.2 Å². The van der Waals surface area contributed by atoms with Crippen LogP contribution in [0.4, 0.5) is 0 Å². The summed E-state index contributed by atoms with van der Waals surface area (Å²) >= 11 is 0. The molecule has 0 bridgehead atoms. The van der Waals surface area contributed by atoms with Gasteiger partial charge in [-0.1, -0.05) is 6.07 Å². The van der Waals surface area contributed by atoms with Gasteiger partial charge in [0.2, 0.25) is 0 Å². The first kappa shape index (κ1) is 9.39. The monoisotopic (exact) mass is 214 g/mol. The number of aromatic nitrogens is 2. The van der Waals surface area contributed by atoms with Crippen LogP contribution < -0.4 is 5.73 Å². The molecule has 4 heteroatoms. The Hall–Kier alpha value is -1.84. The Bertz CT molecular complexity index is 578. The van der Waals surface area contributed by atoms with Gasteiger partial charge in [-0.2, -0.15) is 0 Å². The molecule has 3 rings (SSSR count). The summed E-state index contributed by atoms with van der Waals surface area (Å²) in [5.74, 6) is 1.84. The quantitative estimate of drug-likeness (QED) is 0.590. The van der Waals surface area contributed by atoms with Crippen LogP contribution in [0.1, 0.15) is 30.1 Å². The highest BCUT2D eigenvalue weighted by Gasteiger charge is 2.29. The van der Waals surface area contributed by atoms with Crippen molar-refractivity contribution in [3.8, 4) is 0 Å². The molecule has 1 aromatic heterocycles. The summed E-state index contributed by atoms with van der Waals surface area (Å²) in [7, 11) is 2.01. The van der Waals surface area contributed by atoms with Crippen LogP contribution in [-0.2, 0) is 7.05 Å². The zero-order valence-corrected chi connectivity index (χ0v) is 9.20. The number of benzene rings is 1. The average Bonchev–Trinajstić information content (AvgIpc) is 3.04. The summed E-state index contributed by atoms with van der Waals surface area (Å²) in [6.07, 6.45) is 2.46. The molecular formula is C12H14N4. The van der Waals surface area contributed by atoms with E-state index in [0.717, 1.165) is 22.4 Å². The normalized spacial score (nSPS) is 15.6. The van der Waals surface area contributed by atoms with Crippen LogP contribution in [0.3, 0.4) is 0 Å². The summed E-state index contributed by atoms with van der Waals surface area (Å²) in [5.41, 5.74) is 8.29. The SMILES string of the molecule is Cn1c(C2CC2)nc2cccc(C(=N)N)c21. The number of hydrogen-bond donors (Lipinski definition) is 2. The first-order chi connectivity index (χ1) is 7.68. The van der Waals surface area contributed by atoms with Crippen molar-refractivity contribution in [3.63, 3.8) is 0 Å². The van der Waals surface area contributed by atoms with Gasteiger partial charge in [0.05, 0.1) is 11.0 Å². The van der Waals surface area contributed by atoms with Gasteiger partial charge in [0.25, 0.3) is 0 Å². The lowest BCUT2D eigenvalue weighted by Crippen LogP contribution is -2.12. The van der Waals surface area contributed by atoms with Gasteiger partial charge in [-0.25, -0.2) is 4.98 Å². The molecule has 1 heterocycles. The first-order valence-electron chi connectivity index (χ1n) is 5.48. The van der Waals surface area contributed by atoms with Crippen LogP contribution in [0.5, 0.6) is 0 Å². The number of imidazole rings is 1. The van der Waals surface area contributed by atoms with Gasteiger partial charge in [0.1, 0.15) is 11.7 Å². The molecule has 0 atom stereocenters. The lowest BCUT2D eigenvalue weighted by atomic mass is 10.1. The lowest BCUT2D eigenvalue weighted by molar-refractivity contribution is 0.819. The van der Waals surface area contributed by atoms with Gasteiger partial charge in [0, 0.05) is 18.5 Å². The number of fused-ring (bicyclic) bond motifs is 1. The summed E-state index contributed by atoms with van der Waals surface area (Å²) in [4.78, 5) is 4.63. The Morgan fingerprint density at radius 3 is 2.88 bits per heavy atom. The topological polar surface area (TPSA) is 67.7 Å². The Kier molecular flexibility index (Phi) is 1.80. The fraction of sp³-hybridized carbons (Fsp3) is 0.333. The van der Waals surface area contributed by atoms with E-state index in [2.05, 4.69) is 9.55 Å². The molecule has 1 aliphatic carbocycles. The minimum atomic E-state index is 0.107. The summed E-state index contributed by atoms with van der Waals surface area (Å²) < 4.78 is 2.09. The average molecular weight is 214 g/mol. The molecule has 0 amide bonds. The molecule has 82 valence electrons. The largest absolute Gasteiger partial charge is 0.384 e. The zero-order chi connectivity index (χ0) is 11.3. The van der Waals surface area contributed by atoms with E-state index in [4.69, 9.17) is 11.1 Å². The third kappa shape index (κ3) is 1.23. The third-order valence-corrected chi connectivity index (χ3v) is 3.16. The van der Waals surface area contributed by atoms with Crippen molar-refractivity contribution in [1.82, 2.24) is 9.55 Å². The van der Waals surface area contributed by atoms with E-state index in [1.165, 1.54) is 12.8 Å². The number of rotatable bonds is 2. The smallest absolute Gasteiger partial charge is 0.124 e. The number of aryl methyl sites for hydroxylation is 1. The van der Waals surface area contributed by atoms with Gasteiger partial charge in [-0.15, -0.1) is 0 Å². The van der Waals surface area contributed by atoms with Gasteiger partial charge in [0.15, 0.2) is 0 Å². The van der Waals surface area contributed by atoms with Crippen LogP contribution in [0.2, 0.25) is 0 Å². The number of amidine groups is 1. The van der Waals surface area contributed by atoms with Crippen molar-refractivity contribution in [2.45, 2.75) is 18.8 Å².